The SMILES string of the molecule is CCCCn1c[n+](C)cc1C.[Li+]. The van der Waals surface area contributed by atoms with Gasteiger partial charge in [-0.05, 0) is 6.42 Å². The van der Waals surface area contributed by atoms with Crippen LogP contribution in [0.25, 0.3) is 0 Å². The largest absolute Gasteiger partial charge is 1.00 e. The molecule has 3 heteroatoms. The van der Waals surface area contributed by atoms with Crippen molar-refractivity contribution >= 4 is 0 Å². The van der Waals surface area contributed by atoms with Gasteiger partial charge in [0, 0.05) is 6.92 Å². The van der Waals surface area contributed by atoms with Gasteiger partial charge >= 0.3 is 18.9 Å². The Morgan fingerprint density at radius 1 is 1.50 bits per heavy atom. The van der Waals surface area contributed by atoms with E-state index in [9.17, 15) is 0 Å². The maximum Gasteiger partial charge on any atom is 1.00 e. The molecule has 1 aromatic rings. The van der Waals surface area contributed by atoms with Crippen molar-refractivity contribution in [1.82, 2.24) is 4.57 Å². The van der Waals surface area contributed by atoms with Crippen molar-refractivity contribution in [2.75, 3.05) is 0 Å². The molecule has 1 aromatic heterocycles. The molecule has 1 heterocycles. The predicted octanol–water partition coefficient (Wildman–Crippen LogP) is -1.57. The van der Waals surface area contributed by atoms with Gasteiger partial charge in [-0.2, -0.15) is 0 Å². The molecule has 0 unspecified atom stereocenters. The smallest absolute Gasteiger partial charge is 0.239 e. The maximum atomic E-state index is 2.30. The number of unbranched alkanes of at least 4 members (excludes halogenated alkanes) is 1. The molecular formula is C9H17LiN2+2. The van der Waals surface area contributed by atoms with Crippen LogP contribution in [0.2, 0.25) is 0 Å². The third-order valence-corrected chi connectivity index (χ3v) is 1.92. The van der Waals surface area contributed by atoms with Crippen molar-refractivity contribution < 1.29 is 23.4 Å². The van der Waals surface area contributed by atoms with E-state index >= 15 is 0 Å². The van der Waals surface area contributed by atoms with Gasteiger partial charge in [-0.1, -0.05) is 13.3 Å². The van der Waals surface area contributed by atoms with Crippen LogP contribution in [0, 0.1) is 6.92 Å². The summed E-state index contributed by atoms with van der Waals surface area (Å²) < 4.78 is 4.40. The summed E-state index contributed by atoms with van der Waals surface area (Å²) in [4.78, 5) is 0. The van der Waals surface area contributed by atoms with Crippen molar-refractivity contribution in [2.24, 2.45) is 7.05 Å². The Morgan fingerprint density at radius 3 is 2.58 bits per heavy atom. The molecule has 0 N–H and O–H groups in total. The first kappa shape index (κ1) is 11.8. The summed E-state index contributed by atoms with van der Waals surface area (Å²) in [7, 11) is 2.06. The molecule has 0 atom stereocenters. The van der Waals surface area contributed by atoms with E-state index in [0.717, 1.165) is 6.54 Å². The summed E-state index contributed by atoms with van der Waals surface area (Å²) in [6, 6.07) is 0. The fourth-order valence-corrected chi connectivity index (χ4v) is 1.28. The Hall–Kier alpha value is -0.193. The summed E-state index contributed by atoms with van der Waals surface area (Å²) in [5, 5.41) is 0. The monoisotopic (exact) mass is 160 g/mol. The van der Waals surface area contributed by atoms with Crippen molar-refractivity contribution in [2.45, 2.75) is 33.2 Å². The Morgan fingerprint density at radius 2 is 2.17 bits per heavy atom. The van der Waals surface area contributed by atoms with E-state index < -0.39 is 0 Å². The molecule has 2 nitrogen and oxygen atoms in total. The number of hydrogen-bond donors (Lipinski definition) is 0. The van der Waals surface area contributed by atoms with Crippen LogP contribution >= 0.6 is 0 Å². The zero-order valence-corrected chi connectivity index (χ0v) is 8.67. The molecule has 0 aromatic carbocycles. The average Bonchev–Trinajstić information content (AvgIpc) is 2.26. The number of hydrogen-bond acceptors (Lipinski definition) is 0. The van der Waals surface area contributed by atoms with Crippen LogP contribution in [-0.4, -0.2) is 4.57 Å². The molecule has 0 saturated carbocycles. The topological polar surface area (TPSA) is 8.81 Å². The fourth-order valence-electron chi connectivity index (χ4n) is 1.28. The van der Waals surface area contributed by atoms with Crippen molar-refractivity contribution in [1.29, 1.82) is 0 Å². The van der Waals surface area contributed by atoms with E-state index in [0.29, 0.717) is 0 Å². The molecule has 0 aliphatic heterocycles. The van der Waals surface area contributed by atoms with Gasteiger partial charge in [0.15, 0.2) is 0 Å². The first-order valence-corrected chi connectivity index (χ1v) is 4.26. The number of aromatic nitrogens is 2. The molecule has 0 radical (unpaired) electrons. The summed E-state index contributed by atoms with van der Waals surface area (Å²) in [5.74, 6) is 0. The van der Waals surface area contributed by atoms with Gasteiger partial charge < -0.3 is 0 Å². The van der Waals surface area contributed by atoms with Gasteiger partial charge in [0.25, 0.3) is 0 Å². The van der Waals surface area contributed by atoms with Crippen LogP contribution < -0.4 is 23.4 Å². The molecule has 0 fully saturated rings. The van der Waals surface area contributed by atoms with Crippen LogP contribution in [-0.2, 0) is 13.6 Å². The minimum atomic E-state index is 0. The van der Waals surface area contributed by atoms with E-state index in [-0.39, 0.29) is 18.9 Å². The van der Waals surface area contributed by atoms with E-state index in [1.54, 1.807) is 0 Å². The van der Waals surface area contributed by atoms with Crippen LogP contribution in [0.5, 0.6) is 0 Å². The third-order valence-electron chi connectivity index (χ3n) is 1.92. The molecule has 0 aliphatic rings. The normalized spacial score (nSPS) is 9.58. The van der Waals surface area contributed by atoms with Crippen LogP contribution in [0.3, 0.4) is 0 Å². The number of aryl methyl sites for hydroxylation is 3. The Labute approximate surface area is 86.8 Å². The van der Waals surface area contributed by atoms with Crippen molar-refractivity contribution in [3.05, 3.63) is 18.2 Å². The van der Waals surface area contributed by atoms with Gasteiger partial charge in [-0.3, -0.25) is 0 Å². The van der Waals surface area contributed by atoms with Crippen molar-refractivity contribution in [3.8, 4) is 0 Å². The maximum absolute atomic E-state index is 2.30. The molecule has 62 valence electrons. The minimum Gasteiger partial charge on any atom is -0.239 e. The minimum absolute atomic E-state index is 0. The molecule has 12 heavy (non-hydrogen) atoms. The van der Waals surface area contributed by atoms with Gasteiger partial charge in [0.2, 0.25) is 6.33 Å². The Balaban J connectivity index is 0.00000121. The average molecular weight is 160 g/mol. The van der Waals surface area contributed by atoms with E-state index in [2.05, 4.69) is 42.6 Å². The number of rotatable bonds is 3. The summed E-state index contributed by atoms with van der Waals surface area (Å²) in [6.45, 7) is 5.53. The van der Waals surface area contributed by atoms with Crippen LogP contribution in [0.1, 0.15) is 25.5 Å². The second kappa shape index (κ2) is 5.45. The molecule has 0 bridgehead atoms. The second-order valence-corrected chi connectivity index (χ2v) is 3.10. The zero-order valence-electron chi connectivity index (χ0n) is 8.67. The standard InChI is InChI=1S/C9H17N2.Li/c1-4-5-6-11-8-10(3)7-9(11)2;/h7-8H,4-6H2,1-3H3;/q2*+1. The molecule has 0 aliphatic carbocycles. The number of imidazole rings is 1. The zero-order chi connectivity index (χ0) is 8.27. The predicted molar refractivity (Wildman–Crippen MR) is 45.3 cm³/mol. The van der Waals surface area contributed by atoms with Crippen molar-refractivity contribution in [3.63, 3.8) is 0 Å². The van der Waals surface area contributed by atoms with E-state index in [4.69, 9.17) is 0 Å². The molecule has 0 saturated heterocycles. The fraction of sp³-hybridized carbons (Fsp3) is 0.667. The van der Waals surface area contributed by atoms with Gasteiger partial charge in [-0.15, -0.1) is 0 Å². The van der Waals surface area contributed by atoms with E-state index in [1.807, 2.05) is 0 Å². The first-order chi connectivity index (χ1) is 5.24. The second-order valence-electron chi connectivity index (χ2n) is 3.10. The molecular weight excluding hydrogens is 143 g/mol. The molecule has 0 amide bonds. The number of nitrogens with zero attached hydrogens (tertiary/aromatic N) is 2. The van der Waals surface area contributed by atoms with Crippen LogP contribution in [0.15, 0.2) is 12.5 Å². The van der Waals surface area contributed by atoms with E-state index in [1.165, 1.54) is 18.5 Å². The third kappa shape index (κ3) is 3.04. The quantitative estimate of drug-likeness (QED) is 0.373. The summed E-state index contributed by atoms with van der Waals surface area (Å²) in [6.07, 6.45) is 6.83. The van der Waals surface area contributed by atoms with Crippen LogP contribution in [0.4, 0.5) is 0 Å². The summed E-state index contributed by atoms with van der Waals surface area (Å²) >= 11 is 0. The Bertz CT molecular complexity index is 230. The summed E-state index contributed by atoms with van der Waals surface area (Å²) in [5.41, 5.74) is 1.35. The Kier molecular flexibility index (Phi) is 5.37. The van der Waals surface area contributed by atoms with Gasteiger partial charge in [0.1, 0.15) is 11.9 Å². The first-order valence-electron chi connectivity index (χ1n) is 4.26. The van der Waals surface area contributed by atoms with Gasteiger partial charge in [0.05, 0.1) is 13.6 Å². The molecule has 1 rings (SSSR count). The molecule has 0 spiro atoms. The van der Waals surface area contributed by atoms with Gasteiger partial charge in [-0.25, -0.2) is 9.13 Å².